The van der Waals surface area contributed by atoms with E-state index in [0.717, 1.165) is 18.8 Å². The molecule has 0 saturated carbocycles. The Morgan fingerprint density at radius 2 is 2.06 bits per heavy atom. The second kappa shape index (κ2) is 5.69. The van der Waals surface area contributed by atoms with Crippen LogP contribution in [0.3, 0.4) is 0 Å². The monoisotopic (exact) mass is 397 g/mol. The summed E-state index contributed by atoms with van der Waals surface area (Å²) in [5, 5.41) is 3.56. The Labute approximate surface area is 124 Å². The van der Waals surface area contributed by atoms with Crippen molar-refractivity contribution in [2.45, 2.75) is 6.54 Å². The van der Waals surface area contributed by atoms with Gasteiger partial charge in [-0.25, -0.2) is 4.39 Å². The van der Waals surface area contributed by atoms with Crippen LogP contribution in [0.1, 0.15) is 4.88 Å². The normalized spacial score (nSPS) is 10.6. The van der Waals surface area contributed by atoms with E-state index >= 15 is 0 Å². The van der Waals surface area contributed by atoms with Gasteiger partial charge in [-0.1, -0.05) is 11.6 Å². The van der Waals surface area contributed by atoms with Crippen molar-refractivity contribution in [3.8, 4) is 0 Å². The van der Waals surface area contributed by atoms with Gasteiger partial charge in [-0.15, -0.1) is 11.3 Å². The molecular weight excluding hydrogens is 392 g/mol. The number of anilines is 1. The molecule has 0 aliphatic rings. The SMILES string of the molecule is Fc1ccc(NCc2cc(Br)c(Br)s2)c(Cl)c1. The predicted octanol–water partition coefficient (Wildman–Crippen LogP) is 5.68. The van der Waals surface area contributed by atoms with Crippen LogP contribution in [0.4, 0.5) is 10.1 Å². The fourth-order valence-corrected chi connectivity index (χ4v) is 3.64. The van der Waals surface area contributed by atoms with Crippen molar-refractivity contribution in [2.24, 2.45) is 0 Å². The smallest absolute Gasteiger partial charge is 0.124 e. The molecule has 0 aliphatic heterocycles. The minimum Gasteiger partial charge on any atom is -0.379 e. The molecule has 1 aromatic heterocycles. The molecule has 1 aromatic carbocycles. The van der Waals surface area contributed by atoms with Crippen molar-refractivity contribution < 1.29 is 4.39 Å². The van der Waals surface area contributed by atoms with E-state index in [1.807, 2.05) is 6.07 Å². The van der Waals surface area contributed by atoms with Crippen molar-refractivity contribution in [3.63, 3.8) is 0 Å². The first-order valence-electron chi connectivity index (χ1n) is 4.69. The first-order valence-corrected chi connectivity index (χ1v) is 7.47. The zero-order chi connectivity index (χ0) is 12.4. The Balaban J connectivity index is 2.07. The Bertz CT molecular complexity index is 525. The lowest BCUT2D eigenvalue weighted by atomic mass is 10.3. The Morgan fingerprint density at radius 1 is 1.29 bits per heavy atom. The molecule has 2 aromatic rings. The lowest BCUT2D eigenvalue weighted by molar-refractivity contribution is 0.628. The number of hydrogen-bond donors (Lipinski definition) is 1. The molecule has 0 aliphatic carbocycles. The lowest BCUT2D eigenvalue weighted by Gasteiger charge is -2.06. The second-order valence-electron chi connectivity index (χ2n) is 3.31. The zero-order valence-electron chi connectivity index (χ0n) is 8.44. The molecule has 1 N–H and O–H groups in total. The first kappa shape index (κ1) is 13.3. The zero-order valence-corrected chi connectivity index (χ0v) is 13.2. The van der Waals surface area contributed by atoms with Gasteiger partial charge in [0.05, 0.1) is 14.5 Å². The van der Waals surface area contributed by atoms with Crippen LogP contribution in [0.5, 0.6) is 0 Å². The number of benzene rings is 1. The van der Waals surface area contributed by atoms with Crippen LogP contribution in [0, 0.1) is 5.82 Å². The van der Waals surface area contributed by atoms with Crippen molar-refractivity contribution in [1.82, 2.24) is 0 Å². The predicted molar refractivity (Wildman–Crippen MR) is 78.5 cm³/mol. The van der Waals surface area contributed by atoms with Gasteiger partial charge >= 0.3 is 0 Å². The van der Waals surface area contributed by atoms with Crippen LogP contribution in [0.15, 0.2) is 32.5 Å². The maximum absolute atomic E-state index is 12.8. The highest BCUT2D eigenvalue weighted by Gasteiger charge is 2.05. The third-order valence-corrected chi connectivity index (χ3v) is 5.65. The lowest BCUT2D eigenvalue weighted by Crippen LogP contribution is -1.98. The van der Waals surface area contributed by atoms with E-state index in [0.29, 0.717) is 11.6 Å². The number of hydrogen-bond acceptors (Lipinski definition) is 2. The molecule has 1 heterocycles. The average molecular weight is 400 g/mol. The summed E-state index contributed by atoms with van der Waals surface area (Å²) >= 11 is 14.4. The van der Waals surface area contributed by atoms with Crippen molar-refractivity contribution in [2.75, 3.05) is 5.32 Å². The van der Waals surface area contributed by atoms with E-state index in [9.17, 15) is 4.39 Å². The van der Waals surface area contributed by atoms with Crippen LogP contribution in [-0.2, 0) is 6.54 Å². The molecule has 0 unspecified atom stereocenters. The van der Waals surface area contributed by atoms with Gasteiger partial charge in [0.25, 0.3) is 0 Å². The maximum Gasteiger partial charge on any atom is 0.124 e. The highest BCUT2D eigenvalue weighted by atomic mass is 79.9. The summed E-state index contributed by atoms with van der Waals surface area (Å²) in [5.74, 6) is -0.331. The molecule has 2 rings (SSSR count). The largest absolute Gasteiger partial charge is 0.379 e. The highest BCUT2D eigenvalue weighted by molar-refractivity contribution is 9.13. The average Bonchev–Trinajstić information content (AvgIpc) is 2.57. The Kier molecular flexibility index (Phi) is 4.47. The standard InChI is InChI=1S/C11H7Br2ClFNS/c12-8-4-7(17-11(8)13)5-16-10-2-1-6(15)3-9(10)14/h1-4,16H,5H2. The highest BCUT2D eigenvalue weighted by Crippen LogP contribution is 2.33. The summed E-state index contributed by atoms with van der Waals surface area (Å²) in [4.78, 5) is 1.16. The van der Waals surface area contributed by atoms with Crippen molar-refractivity contribution >= 4 is 60.5 Å². The summed E-state index contributed by atoms with van der Waals surface area (Å²) in [6, 6.07) is 6.34. The second-order valence-corrected chi connectivity index (χ2v) is 7.03. The molecule has 0 saturated heterocycles. The van der Waals surface area contributed by atoms with Gasteiger partial charge < -0.3 is 5.32 Å². The van der Waals surface area contributed by atoms with Gasteiger partial charge in [0.15, 0.2) is 0 Å². The van der Waals surface area contributed by atoms with E-state index in [1.54, 1.807) is 17.4 Å². The fourth-order valence-electron chi connectivity index (χ4n) is 1.29. The number of rotatable bonds is 3. The van der Waals surface area contributed by atoms with Gasteiger partial charge in [-0.3, -0.25) is 0 Å². The van der Waals surface area contributed by atoms with Crippen LogP contribution in [0.2, 0.25) is 5.02 Å². The van der Waals surface area contributed by atoms with Crippen LogP contribution < -0.4 is 5.32 Å². The van der Waals surface area contributed by atoms with E-state index in [2.05, 4.69) is 37.2 Å². The fraction of sp³-hybridized carbons (Fsp3) is 0.0909. The molecule has 1 nitrogen and oxygen atoms in total. The summed E-state index contributed by atoms with van der Waals surface area (Å²) < 4.78 is 14.9. The molecule has 0 spiro atoms. The quantitative estimate of drug-likeness (QED) is 0.700. The molecule has 90 valence electrons. The van der Waals surface area contributed by atoms with E-state index in [1.165, 1.54) is 12.1 Å². The first-order chi connectivity index (χ1) is 8.06. The van der Waals surface area contributed by atoms with Crippen molar-refractivity contribution in [1.29, 1.82) is 0 Å². The molecule has 0 fully saturated rings. The minimum absolute atomic E-state index is 0.331. The van der Waals surface area contributed by atoms with Crippen LogP contribution in [0.25, 0.3) is 0 Å². The maximum atomic E-state index is 12.8. The number of halogens is 4. The molecular formula is C11H7Br2ClFNS. The Hall–Kier alpha value is -0.100. The van der Waals surface area contributed by atoms with Crippen LogP contribution in [-0.4, -0.2) is 0 Å². The summed E-state index contributed by atoms with van der Waals surface area (Å²) in [7, 11) is 0. The minimum atomic E-state index is -0.331. The van der Waals surface area contributed by atoms with Crippen molar-refractivity contribution in [3.05, 3.63) is 48.2 Å². The van der Waals surface area contributed by atoms with E-state index in [4.69, 9.17) is 11.6 Å². The molecule has 0 atom stereocenters. The number of nitrogens with one attached hydrogen (secondary N) is 1. The van der Waals surface area contributed by atoms with Crippen LogP contribution >= 0.6 is 54.8 Å². The van der Waals surface area contributed by atoms with Gasteiger partial charge in [-0.05, 0) is 56.1 Å². The van der Waals surface area contributed by atoms with E-state index in [-0.39, 0.29) is 5.82 Å². The van der Waals surface area contributed by atoms with Gasteiger partial charge in [0.2, 0.25) is 0 Å². The Morgan fingerprint density at radius 3 is 2.65 bits per heavy atom. The summed E-state index contributed by atoms with van der Waals surface area (Å²) in [6.07, 6.45) is 0. The van der Waals surface area contributed by atoms with E-state index < -0.39 is 0 Å². The molecule has 0 amide bonds. The number of thiophene rings is 1. The third-order valence-electron chi connectivity index (χ3n) is 2.08. The van der Waals surface area contributed by atoms with Gasteiger partial charge in [0, 0.05) is 15.9 Å². The molecule has 6 heteroatoms. The molecule has 17 heavy (non-hydrogen) atoms. The molecule has 0 bridgehead atoms. The summed E-state index contributed by atoms with van der Waals surface area (Å²) in [5.41, 5.74) is 0.730. The third kappa shape index (κ3) is 3.44. The van der Waals surface area contributed by atoms with Gasteiger partial charge in [0.1, 0.15) is 5.82 Å². The van der Waals surface area contributed by atoms with Gasteiger partial charge in [-0.2, -0.15) is 0 Å². The summed E-state index contributed by atoms with van der Waals surface area (Å²) in [6.45, 7) is 0.653. The topological polar surface area (TPSA) is 12.0 Å². The molecule has 0 radical (unpaired) electrons.